The minimum Gasteiger partial charge on any atom is -0.493 e. The van der Waals surface area contributed by atoms with Gasteiger partial charge in [0.2, 0.25) is 10.0 Å². The number of ether oxygens (including phenoxy) is 2. The van der Waals surface area contributed by atoms with Crippen molar-refractivity contribution in [2.24, 2.45) is 5.14 Å². The SMILES string of the molecule is COc1cc(C=C(C#N)C(=O)Nc2ccc(S(N)(=O)=O)cc2)cc(Br)c1OCc1ccccc1. The van der Waals surface area contributed by atoms with Crippen molar-refractivity contribution in [3.8, 4) is 17.6 Å². The third kappa shape index (κ3) is 6.45. The molecule has 0 aromatic heterocycles. The van der Waals surface area contributed by atoms with Crippen LogP contribution in [0.4, 0.5) is 5.69 Å². The van der Waals surface area contributed by atoms with Crippen molar-refractivity contribution < 1.29 is 22.7 Å². The first-order valence-electron chi connectivity index (χ1n) is 9.81. The molecule has 0 bridgehead atoms. The summed E-state index contributed by atoms with van der Waals surface area (Å²) in [6, 6.07) is 20.1. The Morgan fingerprint density at radius 2 is 1.82 bits per heavy atom. The maximum absolute atomic E-state index is 12.6. The van der Waals surface area contributed by atoms with Crippen LogP contribution in [0.15, 0.2) is 81.7 Å². The van der Waals surface area contributed by atoms with E-state index in [1.165, 1.54) is 37.5 Å². The lowest BCUT2D eigenvalue weighted by molar-refractivity contribution is -0.112. The number of benzene rings is 3. The van der Waals surface area contributed by atoms with E-state index < -0.39 is 15.9 Å². The Labute approximate surface area is 205 Å². The monoisotopic (exact) mass is 541 g/mol. The summed E-state index contributed by atoms with van der Waals surface area (Å²) < 4.78 is 34.6. The number of sulfonamides is 1. The number of nitrogens with zero attached hydrogens (tertiary/aromatic N) is 1. The number of hydrogen-bond acceptors (Lipinski definition) is 6. The number of nitrogens with two attached hydrogens (primary N) is 1. The zero-order chi connectivity index (χ0) is 24.7. The van der Waals surface area contributed by atoms with Gasteiger partial charge in [0, 0.05) is 5.69 Å². The molecule has 34 heavy (non-hydrogen) atoms. The van der Waals surface area contributed by atoms with Gasteiger partial charge in [0.1, 0.15) is 18.2 Å². The van der Waals surface area contributed by atoms with Crippen LogP contribution in [-0.4, -0.2) is 21.4 Å². The Hall–Kier alpha value is -3.65. The fourth-order valence-corrected chi connectivity index (χ4v) is 4.02. The van der Waals surface area contributed by atoms with Gasteiger partial charge in [-0.05, 0) is 69.5 Å². The molecular weight excluding hydrogens is 522 g/mol. The second-order valence-electron chi connectivity index (χ2n) is 7.00. The van der Waals surface area contributed by atoms with Crippen LogP contribution in [0.5, 0.6) is 11.5 Å². The molecule has 0 saturated carbocycles. The number of carbonyl (C=O) groups is 1. The standard InChI is InChI=1S/C24H20BrN3O5S/c1-32-22-13-17(12-21(25)23(22)33-15-16-5-3-2-4-6-16)11-18(14-26)24(29)28-19-7-9-20(10-8-19)34(27,30)31/h2-13H,15H2,1H3,(H,28,29)(H2,27,30,31). The summed E-state index contributed by atoms with van der Waals surface area (Å²) in [6.45, 7) is 0.334. The number of primary sulfonamides is 1. The molecule has 3 rings (SSSR count). The molecule has 0 aliphatic heterocycles. The first kappa shape index (κ1) is 25.0. The van der Waals surface area contributed by atoms with E-state index >= 15 is 0 Å². The third-order valence-electron chi connectivity index (χ3n) is 4.59. The summed E-state index contributed by atoms with van der Waals surface area (Å²) >= 11 is 3.46. The maximum Gasteiger partial charge on any atom is 0.266 e. The van der Waals surface area contributed by atoms with Gasteiger partial charge in [0.15, 0.2) is 11.5 Å². The summed E-state index contributed by atoms with van der Waals surface area (Å²) in [5, 5.41) is 17.1. The van der Waals surface area contributed by atoms with Gasteiger partial charge in [-0.25, -0.2) is 13.6 Å². The predicted octanol–water partition coefficient (Wildman–Crippen LogP) is 4.23. The van der Waals surface area contributed by atoms with Crippen molar-refractivity contribution in [2.45, 2.75) is 11.5 Å². The van der Waals surface area contributed by atoms with Crippen LogP contribution < -0.4 is 19.9 Å². The average Bonchev–Trinajstić information content (AvgIpc) is 2.81. The van der Waals surface area contributed by atoms with E-state index in [1.807, 2.05) is 36.4 Å². The highest BCUT2D eigenvalue weighted by Crippen LogP contribution is 2.37. The lowest BCUT2D eigenvalue weighted by atomic mass is 10.1. The van der Waals surface area contributed by atoms with Crippen molar-refractivity contribution in [1.29, 1.82) is 5.26 Å². The average molecular weight is 542 g/mol. The quantitative estimate of drug-likeness (QED) is 0.324. The predicted molar refractivity (Wildman–Crippen MR) is 132 cm³/mol. The number of hydrogen-bond donors (Lipinski definition) is 2. The van der Waals surface area contributed by atoms with Crippen LogP contribution >= 0.6 is 15.9 Å². The number of rotatable bonds is 8. The Kier molecular flexibility index (Phi) is 8.07. The minimum absolute atomic E-state index is 0.0898. The summed E-state index contributed by atoms with van der Waals surface area (Å²) in [6.07, 6.45) is 1.41. The fraction of sp³-hybridized carbons (Fsp3) is 0.0833. The highest BCUT2D eigenvalue weighted by molar-refractivity contribution is 9.10. The molecule has 0 spiro atoms. The second kappa shape index (κ2) is 11.0. The molecule has 0 aliphatic carbocycles. The van der Waals surface area contributed by atoms with Gasteiger partial charge in [0.25, 0.3) is 5.91 Å². The second-order valence-corrected chi connectivity index (χ2v) is 9.42. The molecule has 0 unspecified atom stereocenters. The molecule has 0 fully saturated rings. The number of amides is 1. The van der Waals surface area contributed by atoms with Crippen LogP contribution in [0, 0.1) is 11.3 Å². The van der Waals surface area contributed by atoms with Gasteiger partial charge in [0.05, 0.1) is 16.5 Å². The van der Waals surface area contributed by atoms with Gasteiger partial charge in [-0.1, -0.05) is 30.3 Å². The summed E-state index contributed by atoms with van der Waals surface area (Å²) in [7, 11) is -2.35. The van der Waals surface area contributed by atoms with Crippen molar-refractivity contribution in [3.05, 3.63) is 87.9 Å². The van der Waals surface area contributed by atoms with Crippen molar-refractivity contribution in [1.82, 2.24) is 0 Å². The molecule has 0 radical (unpaired) electrons. The molecule has 3 aromatic carbocycles. The van der Waals surface area contributed by atoms with Gasteiger partial charge < -0.3 is 14.8 Å². The van der Waals surface area contributed by atoms with E-state index in [2.05, 4.69) is 21.2 Å². The Bertz CT molecular complexity index is 1370. The van der Waals surface area contributed by atoms with E-state index in [0.717, 1.165) is 5.56 Å². The molecule has 3 N–H and O–H groups in total. The van der Waals surface area contributed by atoms with Crippen molar-refractivity contribution in [2.75, 3.05) is 12.4 Å². The topological polar surface area (TPSA) is 132 Å². The Morgan fingerprint density at radius 1 is 1.15 bits per heavy atom. The molecule has 1 amide bonds. The normalized spacial score (nSPS) is 11.4. The van der Waals surface area contributed by atoms with Crippen LogP contribution in [0.3, 0.4) is 0 Å². The highest BCUT2D eigenvalue weighted by Gasteiger charge is 2.15. The number of anilines is 1. The molecule has 0 atom stereocenters. The van der Waals surface area contributed by atoms with E-state index in [1.54, 1.807) is 12.1 Å². The van der Waals surface area contributed by atoms with Crippen molar-refractivity contribution in [3.63, 3.8) is 0 Å². The minimum atomic E-state index is -3.85. The van der Waals surface area contributed by atoms with Crippen LogP contribution in [-0.2, 0) is 21.4 Å². The van der Waals surface area contributed by atoms with Gasteiger partial charge in [-0.15, -0.1) is 0 Å². The van der Waals surface area contributed by atoms with Crippen LogP contribution in [0.1, 0.15) is 11.1 Å². The molecule has 0 heterocycles. The molecule has 0 saturated heterocycles. The van der Waals surface area contributed by atoms with E-state index in [9.17, 15) is 18.5 Å². The summed E-state index contributed by atoms with van der Waals surface area (Å²) in [4.78, 5) is 12.5. The molecule has 10 heteroatoms. The van der Waals surface area contributed by atoms with E-state index in [0.29, 0.717) is 33.8 Å². The lowest BCUT2D eigenvalue weighted by Crippen LogP contribution is -2.14. The van der Waals surface area contributed by atoms with Gasteiger partial charge >= 0.3 is 0 Å². The lowest BCUT2D eigenvalue weighted by Gasteiger charge is -2.14. The summed E-state index contributed by atoms with van der Waals surface area (Å²) in [5.41, 5.74) is 1.66. The fourth-order valence-electron chi connectivity index (χ4n) is 2.93. The molecule has 8 nitrogen and oxygen atoms in total. The van der Waals surface area contributed by atoms with Crippen LogP contribution in [0.25, 0.3) is 6.08 Å². The number of nitriles is 1. The zero-order valence-corrected chi connectivity index (χ0v) is 20.4. The molecule has 0 aliphatic rings. The molecular formula is C24H20BrN3O5S. The van der Waals surface area contributed by atoms with Gasteiger partial charge in [-0.2, -0.15) is 5.26 Å². The van der Waals surface area contributed by atoms with Gasteiger partial charge in [-0.3, -0.25) is 4.79 Å². The summed E-state index contributed by atoms with van der Waals surface area (Å²) in [5.74, 6) is 0.250. The highest BCUT2D eigenvalue weighted by atomic mass is 79.9. The smallest absolute Gasteiger partial charge is 0.266 e. The van der Waals surface area contributed by atoms with E-state index in [4.69, 9.17) is 14.6 Å². The van der Waals surface area contributed by atoms with Crippen LogP contribution in [0.2, 0.25) is 0 Å². The first-order chi connectivity index (χ1) is 16.2. The first-order valence-corrected chi connectivity index (χ1v) is 12.2. The number of halogens is 1. The Balaban J connectivity index is 1.80. The largest absolute Gasteiger partial charge is 0.493 e. The molecule has 174 valence electrons. The zero-order valence-electron chi connectivity index (χ0n) is 18.0. The maximum atomic E-state index is 12.6. The Morgan fingerprint density at radius 3 is 2.41 bits per heavy atom. The molecule has 3 aromatic rings. The third-order valence-corrected chi connectivity index (χ3v) is 6.11. The number of methoxy groups -OCH3 is 1. The van der Waals surface area contributed by atoms with Crippen molar-refractivity contribution >= 4 is 43.6 Å². The number of carbonyl (C=O) groups excluding carboxylic acids is 1. The van der Waals surface area contributed by atoms with E-state index in [-0.39, 0.29) is 10.5 Å². The number of nitrogens with one attached hydrogen (secondary N) is 1.